The molecule has 0 atom stereocenters. The number of nitrogens with two attached hydrogens (primary N) is 1. The predicted octanol–water partition coefficient (Wildman–Crippen LogP) is 2.13. The zero-order valence-electron chi connectivity index (χ0n) is 10.8. The van der Waals surface area contributed by atoms with Crippen molar-refractivity contribution in [2.45, 2.75) is 32.6 Å². The maximum atomic E-state index is 5.73. The molecule has 98 valence electrons. The molecule has 2 rings (SSSR count). The van der Waals surface area contributed by atoms with Crippen LogP contribution < -0.4 is 10.6 Å². The van der Waals surface area contributed by atoms with Gasteiger partial charge in [0.15, 0.2) is 5.82 Å². The summed E-state index contributed by atoms with van der Waals surface area (Å²) in [7, 11) is 0. The number of rotatable bonds is 4. The van der Waals surface area contributed by atoms with Crippen molar-refractivity contribution < 1.29 is 0 Å². The first kappa shape index (κ1) is 13.2. The maximum absolute atomic E-state index is 5.73. The lowest BCUT2D eigenvalue weighted by atomic mass is 9.92. The van der Waals surface area contributed by atoms with Crippen LogP contribution in [0.25, 0.3) is 0 Å². The van der Waals surface area contributed by atoms with Gasteiger partial charge in [-0.3, -0.25) is 0 Å². The molecular weight excluding hydrogens is 244 g/mol. The second-order valence-electron chi connectivity index (χ2n) is 4.85. The summed E-state index contributed by atoms with van der Waals surface area (Å²) in [6.07, 6.45) is 6.69. The van der Waals surface area contributed by atoms with Crippen LogP contribution in [0.15, 0.2) is 12.3 Å². The molecule has 0 radical (unpaired) electrons. The third-order valence-corrected chi connectivity index (χ3v) is 3.80. The Morgan fingerprint density at radius 1 is 1.50 bits per heavy atom. The Balaban J connectivity index is 2.07. The van der Waals surface area contributed by atoms with Gasteiger partial charge in [-0.1, -0.05) is 32.0 Å². The molecule has 1 aromatic heterocycles. The van der Waals surface area contributed by atoms with E-state index in [0.29, 0.717) is 4.99 Å². The van der Waals surface area contributed by atoms with Crippen molar-refractivity contribution >= 4 is 23.0 Å². The molecule has 1 saturated heterocycles. The zero-order valence-corrected chi connectivity index (χ0v) is 11.6. The molecule has 0 amide bonds. The van der Waals surface area contributed by atoms with Crippen LogP contribution in [0.3, 0.4) is 0 Å². The Hall–Kier alpha value is -1.23. The molecule has 0 aliphatic carbocycles. The highest BCUT2D eigenvalue weighted by Crippen LogP contribution is 2.26. The van der Waals surface area contributed by atoms with Gasteiger partial charge < -0.3 is 10.6 Å². The first-order chi connectivity index (χ1) is 8.72. The summed E-state index contributed by atoms with van der Waals surface area (Å²) in [5.74, 6) is 1.70. The van der Waals surface area contributed by atoms with Crippen LogP contribution in [0.5, 0.6) is 0 Å². The molecule has 1 aliphatic rings. The topological polar surface area (TPSA) is 55.0 Å². The van der Waals surface area contributed by atoms with Crippen molar-refractivity contribution in [3.05, 3.63) is 17.8 Å². The average molecular weight is 264 g/mol. The van der Waals surface area contributed by atoms with Gasteiger partial charge in [-0.05, 0) is 24.8 Å². The van der Waals surface area contributed by atoms with Gasteiger partial charge in [-0.15, -0.1) is 5.10 Å². The number of aromatic nitrogens is 2. The molecule has 0 saturated carbocycles. The molecule has 2 N–H and O–H groups in total. The molecule has 5 heteroatoms. The van der Waals surface area contributed by atoms with E-state index in [1.165, 1.54) is 25.7 Å². The molecule has 0 unspecified atom stereocenters. The first-order valence-corrected chi connectivity index (χ1v) is 6.99. The van der Waals surface area contributed by atoms with E-state index in [1.54, 1.807) is 6.20 Å². The monoisotopic (exact) mass is 264 g/mol. The van der Waals surface area contributed by atoms with Gasteiger partial charge in [0.25, 0.3) is 0 Å². The number of piperidine rings is 1. The summed E-state index contributed by atoms with van der Waals surface area (Å²) in [5, 5.41) is 8.15. The van der Waals surface area contributed by atoms with Crippen LogP contribution in [0, 0.1) is 5.92 Å². The van der Waals surface area contributed by atoms with E-state index in [1.807, 2.05) is 6.07 Å². The van der Waals surface area contributed by atoms with Gasteiger partial charge in [0, 0.05) is 13.1 Å². The summed E-state index contributed by atoms with van der Waals surface area (Å²) in [6.45, 7) is 4.30. The first-order valence-electron chi connectivity index (χ1n) is 6.58. The highest BCUT2D eigenvalue weighted by atomic mass is 32.1. The van der Waals surface area contributed by atoms with Crippen LogP contribution >= 0.6 is 12.2 Å². The Kier molecular flexibility index (Phi) is 4.47. The van der Waals surface area contributed by atoms with E-state index in [9.17, 15) is 0 Å². The SMILES string of the molecule is CCCC1CCN(c2nnccc2C(N)=S)CC1. The molecule has 1 aliphatic heterocycles. The molecule has 18 heavy (non-hydrogen) atoms. The van der Waals surface area contributed by atoms with Crippen LogP contribution in [0.4, 0.5) is 5.82 Å². The fourth-order valence-corrected chi connectivity index (χ4v) is 2.75. The lowest BCUT2D eigenvalue weighted by Gasteiger charge is -2.33. The summed E-state index contributed by atoms with van der Waals surface area (Å²) in [4.78, 5) is 2.66. The van der Waals surface area contributed by atoms with Crippen molar-refractivity contribution in [3.63, 3.8) is 0 Å². The molecule has 4 nitrogen and oxygen atoms in total. The van der Waals surface area contributed by atoms with Gasteiger partial charge in [0.1, 0.15) is 4.99 Å². The molecule has 0 bridgehead atoms. The van der Waals surface area contributed by atoms with Crippen LogP contribution in [-0.2, 0) is 0 Å². The Morgan fingerprint density at radius 3 is 2.83 bits per heavy atom. The molecule has 0 aromatic carbocycles. The fraction of sp³-hybridized carbons (Fsp3) is 0.615. The number of thiocarbonyl (C=S) groups is 1. The van der Waals surface area contributed by atoms with E-state index >= 15 is 0 Å². The summed E-state index contributed by atoms with van der Waals surface area (Å²) < 4.78 is 0. The summed E-state index contributed by atoms with van der Waals surface area (Å²) in [5.41, 5.74) is 6.57. The van der Waals surface area contributed by atoms with E-state index in [-0.39, 0.29) is 0 Å². The molecule has 1 fully saturated rings. The second kappa shape index (κ2) is 6.09. The Labute approximate surface area is 114 Å². The molecular formula is C13H20N4S. The minimum Gasteiger partial charge on any atom is -0.389 e. The number of anilines is 1. The van der Waals surface area contributed by atoms with Crippen LogP contribution in [-0.4, -0.2) is 28.3 Å². The van der Waals surface area contributed by atoms with Crippen molar-refractivity contribution in [3.8, 4) is 0 Å². The minimum atomic E-state index is 0.399. The third kappa shape index (κ3) is 2.96. The van der Waals surface area contributed by atoms with Gasteiger partial charge in [0.2, 0.25) is 0 Å². The Bertz CT molecular complexity index is 413. The van der Waals surface area contributed by atoms with E-state index < -0.39 is 0 Å². The lowest BCUT2D eigenvalue weighted by molar-refractivity contribution is 0.377. The minimum absolute atomic E-state index is 0.399. The standard InChI is InChI=1S/C13H20N4S/c1-2-3-10-5-8-17(9-6-10)13-11(12(14)18)4-7-15-16-13/h4,7,10H,2-3,5-6,8-9H2,1H3,(H2,14,18). The highest BCUT2D eigenvalue weighted by Gasteiger charge is 2.22. The number of hydrogen-bond donors (Lipinski definition) is 1. The zero-order chi connectivity index (χ0) is 13.0. The van der Waals surface area contributed by atoms with Gasteiger partial charge in [-0.25, -0.2) is 0 Å². The fourth-order valence-electron chi connectivity index (χ4n) is 2.59. The predicted molar refractivity (Wildman–Crippen MR) is 77.8 cm³/mol. The normalized spacial score (nSPS) is 16.8. The van der Waals surface area contributed by atoms with E-state index in [4.69, 9.17) is 18.0 Å². The lowest BCUT2D eigenvalue weighted by Crippen LogP contribution is -2.35. The van der Waals surface area contributed by atoms with Crippen LogP contribution in [0.2, 0.25) is 0 Å². The van der Waals surface area contributed by atoms with Crippen molar-refractivity contribution in [1.29, 1.82) is 0 Å². The third-order valence-electron chi connectivity index (χ3n) is 3.58. The van der Waals surface area contributed by atoms with Crippen molar-refractivity contribution in [2.75, 3.05) is 18.0 Å². The van der Waals surface area contributed by atoms with Gasteiger partial charge in [-0.2, -0.15) is 5.10 Å². The molecule has 2 heterocycles. The van der Waals surface area contributed by atoms with E-state index in [2.05, 4.69) is 22.0 Å². The van der Waals surface area contributed by atoms with Crippen LogP contribution in [0.1, 0.15) is 38.2 Å². The number of nitrogens with zero attached hydrogens (tertiary/aromatic N) is 3. The van der Waals surface area contributed by atoms with Gasteiger partial charge in [0.05, 0.1) is 11.8 Å². The van der Waals surface area contributed by atoms with E-state index in [0.717, 1.165) is 30.4 Å². The largest absolute Gasteiger partial charge is 0.389 e. The smallest absolute Gasteiger partial charge is 0.161 e. The maximum Gasteiger partial charge on any atom is 0.161 e. The summed E-state index contributed by atoms with van der Waals surface area (Å²) >= 11 is 5.07. The van der Waals surface area contributed by atoms with Crippen molar-refractivity contribution in [1.82, 2.24) is 10.2 Å². The number of hydrogen-bond acceptors (Lipinski definition) is 4. The molecule has 1 aromatic rings. The highest BCUT2D eigenvalue weighted by molar-refractivity contribution is 7.80. The second-order valence-corrected chi connectivity index (χ2v) is 5.29. The average Bonchev–Trinajstić information content (AvgIpc) is 2.40. The summed E-state index contributed by atoms with van der Waals surface area (Å²) in [6, 6.07) is 1.85. The van der Waals surface area contributed by atoms with Crippen molar-refractivity contribution in [2.24, 2.45) is 11.7 Å². The Morgan fingerprint density at radius 2 is 2.22 bits per heavy atom. The quantitative estimate of drug-likeness (QED) is 0.844. The van der Waals surface area contributed by atoms with Gasteiger partial charge >= 0.3 is 0 Å². The molecule has 0 spiro atoms.